The fourth-order valence-corrected chi connectivity index (χ4v) is 14.4. The number of nitrogens with zero attached hydrogens (tertiary/aromatic N) is 1. The van der Waals surface area contributed by atoms with Gasteiger partial charge in [-0.25, -0.2) is 0 Å². The lowest BCUT2D eigenvalue weighted by Crippen LogP contribution is -2.49. The lowest BCUT2D eigenvalue weighted by Gasteiger charge is -2.54. The van der Waals surface area contributed by atoms with Crippen molar-refractivity contribution in [1.82, 2.24) is 4.57 Å². The molecule has 0 amide bonds. The molecule has 68 heavy (non-hydrogen) atoms. The maximum absolute atomic E-state index is 2.57. The van der Waals surface area contributed by atoms with Gasteiger partial charge in [0.2, 0.25) is 0 Å². The summed E-state index contributed by atoms with van der Waals surface area (Å²) >= 11 is 0. The third kappa shape index (κ3) is 5.75. The van der Waals surface area contributed by atoms with Gasteiger partial charge in [0, 0.05) is 21.9 Å². The lowest BCUT2D eigenvalue weighted by molar-refractivity contribution is 0.0426. The zero-order valence-corrected chi connectivity index (χ0v) is 38.8. The Labute approximate surface area is 399 Å². The highest BCUT2D eigenvalue weighted by molar-refractivity contribution is 6.21. The van der Waals surface area contributed by atoms with E-state index in [9.17, 15) is 0 Å². The summed E-state index contributed by atoms with van der Waals surface area (Å²) in [5.74, 6) is 2.96. The molecule has 2 bridgehead atoms. The third-order valence-corrected chi connectivity index (χ3v) is 16.9. The minimum absolute atomic E-state index is 0.0877. The first kappa shape index (κ1) is 39.7. The molecule has 0 aliphatic heterocycles. The van der Waals surface area contributed by atoms with Gasteiger partial charge in [-0.1, -0.05) is 190 Å². The predicted molar refractivity (Wildman–Crippen MR) is 288 cm³/mol. The SMILES string of the molecule is CC1CC2CC(C)C3(c4ccccc4-c4cc(-c5ccc(-c6c7ccccc7c(-c7ccc(-n8c9ccccc9c9ccccc98)cc7)c7ccccc67)cc5-c5ccccc5)ccc43)C(C1)C2. The zero-order valence-electron chi connectivity index (χ0n) is 38.8. The van der Waals surface area contributed by atoms with Crippen molar-refractivity contribution in [1.29, 1.82) is 0 Å². The first-order valence-electron chi connectivity index (χ1n) is 25.0. The van der Waals surface area contributed by atoms with Gasteiger partial charge in [-0.15, -0.1) is 0 Å². The van der Waals surface area contributed by atoms with Gasteiger partial charge in [-0.2, -0.15) is 0 Å². The Morgan fingerprint density at radius 3 is 1.57 bits per heavy atom. The number of rotatable bonds is 5. The minimum Gasteiger partial charge on any atom is -0.309 e. The number of hydrogen-bond acceptors (Lipinski definition) is 0. The van der Waals surface area contributed by atoms with Crippen molar-refractivity contribution in [2.45, 2.75) is 44.9 Å². The topological polar surface area (TPSA) is 4.93 Å². The van der Waals surface area contributed by atoms with Crippen molar-refractivity contribution in [3.63, 3.8) is 0 Å². The highest BCUT2D eigenvalue weighted by Crippen LogP contribution is 2.65. The van der Waals surface area contributed by atoms with Gasteiger partial charge in [0.15, 0.2) is 0 Å². The molecular weight excluding hydrogens is 819 g/mol. The summed E-state index contributed by atoms with van der Waals surface area (Å²) in [5, 5.41) is 7.61. The Morgan fingerprint density at radius 2 is 0.897 bits per heavy atom. The van der Waals surface area contributed by atoms with Crippen LogP contribution in [0.25, 0.3) is 105 Å². The highest BCUT2D eigenvalue weighted by Gasteiger charge is 2.56. The molecule has 2 saturated carbocycles. The molecule has 326 valence electrons. The first-order chi connectivity index (χ1) is 33.5. The summed E-state index contributed by atoms with van der Waals surface area (Å²) in [4.78, 5) is 0. The van der Waals surface area contributed by atoms with Crippen LogP contribution in [0.2, 0.25) is 0 Å². The Balaban J connectivity index is 0.923. The van der Waals surface area contributed by atoms with Crippen LogP contribution in [-0.2, 0) is 5.41 Å². The molecule has 0 radical (unpaired) electrons. The normalized spacial score (nSPS) is 20.6. The van der Waals surface area contributed by atoms with Gasteiger partial charge in [0.1, 0.15) is 0 Å². The van der Waals surface area contributed by atoms with Gasteiger partial charge >= 0.3 is 0 Å². The number of fused-ring (bicyclic) bond motifs is 13. The van der Waals surface area contributed by atoms with Crippen LogP contribution in [0.4, 0.5) is 0 Å². The molecule has 5 unspecified atom stereocenters. The molecular formula is C67H53N. The average Bonchev–Trinajstić information content (AvgIpc) is 3.88. The largest absolute Gasteiger partial charge is 0.309 e. The van der Waals surface area contributed by atoms with E-state index in [1.165, 1.54) is 125 Å². The van der Waals surface area contributed by atoms with Crippen LogP contribution in [0.1, 0.15) is 50.7 Å². The second-order valence-electron chi connectivity index (χ2n) is 20.6. The van der Waals surface area contributed by atoms with E-state index >= 15 is 0 Å². The smallest absolute Gasteiger partial charge is 0.0541 e. The molecule has 0 N–H and O–H groups in total. The van der Waals surface area contributed by atoms with Crippen molar-refractivity contribution in [3.05, 3.63) is 223 Å². The Morgan fingerprint density at radius 1 is 0.368 bits per heavy atom. The van der Waals surface area contributed by atoms with Crippen molar-refractivity contribution in [2.75, 3.05) is 0 Å². The van der Waals surface area contributed by atoms with Gasteiger partial charge in [-0.05, 0) is 174 Å². The summed E-state index contributed by atoms with van der Waals surface area (Å²) < 4.78 is 2.40. The van der Waals surface area contributed by atoms with Crippen LogP contribution in [0.5, 0.6) is 0 Å². The summed E-state index contributed by atoms with van der Waals surface area (Å²) in [6, 6.07) is 80.3. The molecule has 1 aromatic heterocycles. The molecule has 1 spiro atoms. The Kier molecular flexibility index (Phi) is 8.91. The summed E-state index contributed by atoms with van der Waals surface area (Å²) in [6.45, 7) is 5.08. The lowest BCUT2D eigenvalue weighted by atomic mass is 9.49. The fraction of sp³-hybridized carbons (Fsp3) is 0.164. The Bertz CT molecular complexity index is 3680. The maximum Gasteiger partial charge on any atom is 0.0541 e. The molecule has 3 aliphatic rings. The highest BCUT2D eigenvalue weighted by atomic mass is 15.0. The molecule has 3 aliphatic carbocycles. The molecule has 1 nitrogen and oxygen atoms in total. The van der Waals surface area contributed by atoms with Gasteiger partial charge in [0.05, 0.1) is 11.0 Å². The van der Waals surface area contributed by atoms with Crippen LogP contribution in [0, 0.1) is 23.7 Å². The van der Waals surface area contributed by atoms with E-state index in [-0.39, 0.29) is 5.41 Å². The van der Waals surface area contributed by atoms with Crippen LogP contribution < -0.4 is 0 Å². The van der Waals surface area contributed by atoms with Gasteiger partial charge in [-0.3, -0.25) is 0 Å². The van der Waals surface area contributed by atoms with Gasteiger partial charge < -0.3 is 4.57 Å². The number of aromatic nitrogens is 1. The second kappa shape index (κ2) is 15.3. The number of benzene rings is 10. The van der Waals surface area contributed by atoms with Crippen molar-refractivity contribution < 1.29 is 0 Å². The summed E-state index contributed by atoms with van der Waals surface area (Å²) in [7, 11) is 0. The van der Waals surface area contributed by atoms with E-state index in [0.29, 0.717) is 11.8 Å². The van der Waals surface area contributed by atoms with Crippen molar-refractivity contribution in [3.8, 4) is 61.3 Å². The molecule has 10 aromatic carbocycles. The predicted octanol–water partition coefficient (Wildman–Crippen LogP) is 18.1. The van der Waals surface area contributed by atoms with E-state index in [4.69, 9.17) is 0 Å². The van der Waals surface area contributed by atoms with E-state index in [1.807, 2.05) is 0 Å². The van der Waals surface area contributed by atoms with Crippen molar-refractivity contribution in [2.24, 2.45) is 23.7 Å². The average molecular weight is 872 g/mol. The van der Waals surface area contributed by atoms with Crippen LogP contribution in [0.15, 0.2) is 212 Å². The third-order valence-electron chi connectivity index (χ3n) is 16.9. The van der Waals surface area contributed by atoms with E-state index < -0.39 is 0 Å². The minimum atomic E-state index is 0.0877. The molecule has 2 fully saturated rings. The van der Waals surface area contributed by atoms with Crippen LogP contribution in [0.3, 0.4) is 0 Å². The summed E-state index contributed by atoms with van der Waals surface area (Å²) in [6.07, 6.45) is 5.42. The second-order valence-corrected chi connectivity index (χ2v) is 20.6. The Hall–Kier alpha value is -7.48. The maximum atomic E-state index is 2.57. The standard InChI is InChI=1S/C67H53N/c1-42-36-44-38-43(2)67(49(37-42)39-44)61-25-13-10-18-52(61)60-40-47(31-35-62(60)67)51-34-30-48(41-59(51)45-16-4-3-5-17-45)66-57-23-8-6-21-55(57)65(56-22-7-9-24-58(56)66)46-28-32-50(33-29-46)68-63-26-14-11-19-53(63)54-20-12-15-27-64(54)68/h3-35,40-44,49H,36-39H2,1-2H3. The van der Waals surface area contributed by atoms with Gasteiger partial charge in [0.25, 0.3) is 0 Å². The summed E-state index contributed by atoms with van der Waals surface area (Å²) in [5.41, 5.74) is 19.8. The number of hydrogen-bond donors (Lipinski definition) is 0. The monoisotopic (exact) mass is 871 g/mol. The van der Waals surface area contributed by atoms with Crippen LogP contribution >= 0.6 is 0 Å². The zero-order chi connectivity index (χ0) is 45.1. The molecule has 1 heterocycles. The van der Waals surface area contributed by atoms with E-state index in [0.717, 1.165) is 17.5 Å². The van der Waals surface area contributed by atoms with E-state index in [1.54, 1.807) is 11.1 Å². The quantitative estimate of drug-likeness (QED) is 0.152. The molecule has 5 atom stereocenters. The van der Waals surface area contributed by atoms with Crippen LogP contribution in [-0.4, -0.2) is 4.57 Å². The first-order valence-corrected chi connectivity index (χ1v) is 25.0. The molecule has 0 saturated heterocycles. The molecule has 14 rings (SSSR count). The molecule has 11 aromatic rings. The fourth-order valence-electron chi connectivity index (χ4n) is 14.4. The number of para-hydroxylation sites is 2. The molecule has 1 heteroatoms. The van der Waals surface area contributed by atoms with Crippen molar-refractivity contribution >= 4 is 43.4 Å². The van der Waals surface area contributed by atoms with E-state index in [2.05, 4.69) is 231 Å².